The zero-order chi connectivity index (χ0) is 11.7. The predicted molar refractivity (Wildman–Crippen MR) is 66.8 cm³/mol. The van der Waals surface area contributed by atoms with Gasteiger partial charge in [-0.3, -0.25) is 0 Å². The summed E-state index contributed by atoms with van der Waals surface area (Å²) in [4.78, 5) is 4.23. The van der Waals surface area contributed by atoms with Gasteiger partial charge in [0.05, 0.1) is 5.02 Å². The molecule has 0 bridgehead atoms. The molecule has 7 heteroatoms. The summed E-state index contributed by atoms with van der Waals surface area (Å²) in [5, 5.41) is 10.1. The first kappa shape index (κ1) is 11.9. The van der Waals surface area contributed by atoms with Gasteiger partial charge in [-0.1, -0.05) is 11.6 Å². The van der Waals surface area contributed by atoms with E-state index in [0.717, 1.165) is 20.5 Å². The van der Waals surface area contributed by atoms with Crippen LogP contribution >= 0.6 is 39.3 Å². The van der Waals surface area contributed by atoms with Crippen molar-refractivity contribution in [2.75, 3.05) is 0 Å². The first-order valence-electron chi connectivity index (χ1n) is 4.43. The maximum absolute atomic E-state index is 6.07. The van der Waals surface area contributed by atoms with Gasteiger partial charge in [-0.25, -0.2) is 4.98 Å². The van der Waals surface area contributed by atoms with Gasteiger partial charge in [-0.2, -0.15) is 0 Å². The highest BCUT2D eigenvalue weighted by atomic mass is 79.9. The average molecular weight is 320 g/mol. The molecule has 0 amide bonds. The summed E-state index contributed by atoms with van der Waals surface area (Å²) in [5.41, 5.74) is 0. The van der Waals surface area contributed by atoms with Gasteiger partial charge in [0.25, 0.3) is 0 Å². The van der Waals surface area contributed by atoms with Crippen LogP contribution in [0.4, 0.5) is 0 Å². The van der Waals surface area contributed by atoms with Gasteiger partial charge >= 0.3 is 0 Å². The van der Waals surface area contributed by atoms with E-state index in [-0.39, 0.29) is 0 Å². The second-order valence-corrected chi connectivity index (χ2v) is 5.41. The van der Waals surface area contributed by atoms with Crippen LogP contribution in [0.1, 0.15) is 5.82 Å². The fourth-order valence-corrected chi connectivity index (χ4v) is 2.57. The fraction of sp³-hybridized carbons (Fsp3) is 0.222. The van der Waals surface area contributed by atoms with Crippen LogP contribution in [0.2, 0.25) is 5.02 Å². The third-order valence-corrected chi connectivity index (χ3v) is 3.91. The van der Waals surface area contributed by atoms with Crippen LogP contribution in [-0.2, 0) is 7.05 Å². The molecule has 84 valence electrons. The van der Waals surface area contributed by atoms with Crippen molar-refractivity contribution in [2.45, 2.75) is 17.1 Å². The molecule has 2 aromatic rings. The molecule has 0 saturated heterocycles. The van der Waals surface area contributed by atoms with Crippen molar-refractivity contribution in [3.8, 4) is 0 Å². The lowest BCUT2D eigenvalue weighted by molar-refractivity contribution is 0.764. The van der Waals surface area contributed by atoms with E-state index < -0.39 is 0 Å². The van der Waals surface area contributed by atoms with E-state index in [2.05, 4.69) is 31.1 Å². The van der Waals surface area contributed by atoms with E-state index in [1.807, 2.05) is 18.5 Å². The molecule has 16 heavy (non-hydrogen) atoms. The molecule has 0 aromatic carbocycles. The summed E-state index contributed by atoms with van der Waals surface area (Å²) in [6.07, 6.45) is 1.71. The fourth-order valence-electron chi connectivity index (χ4n) is 1.04. The van der Waals surface area contributed by atoms with Crippen molar-refractivity contribution in [3.63, 3.8) is 0 Å². The molecule has 0 aliphatic heterocycles. The zero-order valence-electron chi connectivity index (χ0n) is 8.61. The molecule has 0 unspecified atom stereocenters. The SMILES string of the molecule is Cc1nnc(Sc2ncc(Br)cc2Cl)n1C. The van der Waals surface area contributed by atoms with Gasteiger partial charge in [-0.15, -0.1) is 10.2 Å². The number of rotatable bonds is 2. The highest BCUT2D eigenvalue weighted by Crippen LogP contribution is 2.31. The van der Waals surface area contributed by atoms with Gasteiger partial charge in [0.1, 0.15) is 10.9 Å². The lowest BCUT2D eigenvalue weighted by Crippen LogP contribution is -1.94. The molecular formula is C9H8BrClN4S. The Balaban J connectivity index is 2.30. The van der Waals surface area contributed by atoms with E-state index in [9.17, 15) is 0 Å². The van der Waals surface area contributed by atoms with E-state index >= 15 is 0 Å². The molecule has 0 saturated carbocycles. The minimum Gasteiger partial charge on any atom is -0.309 e. The normalized spacial score (nSPS) is 10.8. The summed E-state index contributed by atoms with van der Waals surface area (Å²) in [6.45, 7) is 1.90. The number of hydrogen-bond donors (Lipinski definition) is 0. The van der Waals surface area contributed by atoms with Crippen LogP contribution in [0.25, 0.3) is 0 Å². The summed E-state index contributed by atoms with van der Waals surface area (Å²) >= 11 is 10.8. The van der Waals surface area contributed by atoms with E-state index in [4.69, 9.17) is 11.6 Å². The van der Waals surface area contributed by atoms with Crippen molar-refractivity contribution in [1.82, 2.24) is 19.7 Å². The standard InChI is InChI=1S/C9H8BrClN4S/c1-5-13-14-9(15(5)2)16-8-7(11)3-6(10)4-12-8/h3-4H,1-2H3. The van der Waals surface area contributed by atoms with Gasteiger partial charge in [0.15, 0.2) is 5.16 Å². The van der Waals surface area contributed by atoms with Crippen molar-refractivity contribution in [3.05, 3.63) is 27.6 Å². The Morgan fingerprint density at radius 1 is 1.44 bits per heavy atom. The van der Waals surface area contributed by atoms with Crippen molar-refractivity contribution in [2.24, 2.45) is 7.05 Å². The molecule has 4 nitrogen and oxygen atoms in total. The largest absolute Gasteiger partial charge is 0.309 e. The summed E-state index contributed by atoms with van der Waals surface area (Å²) in [5.74, 6) is 0.857. The number of halogens is 2. The molecule has 0 aliphatic carbocycles. The van der Waals surface area contributed by atoms with Crippen molar-refractivity contribution >= 4 is 39.3 Å². The van der Waals surface area contributed by atoms with Gasteiger partial charge < -0.3 is 4.57 Å². The second kappa shape index (κ2) is 4.73. The Bertz CT molecular complexity index is 528. The van der Waals surface area contributed by atoms with Crippen LogP contribution in [0.3, 0.4) is 0 Å². The Morgan fingerprint density at radius 2 is 2.19 bits per heavy atom. The lowest BCUT2D eigenvalue weighted by atomic mass is 10.5. The first-order chi connectivity index (χ1) is 7.58. The van der Waals surface area contributed by atoms with Crippen LogP contribution in [-0.4, -0.2) is 19.7 Å². The monoisotopic (exact) mass is 318 g/mol. The van der Waals surface area contributed by atoms with E-state index in [0.29, 0.717) is 5.02 Å². The lowest BCUT2D eigenvalue weighted by Gasteiger charge is -2.02. The van der Waals surface area contributed by atoms with Crippen LogP contribution < -0.4 is 0 Å². The van der Waals surface area contributed by atoms with Crippen LogP contribution in [0.15, 0.2) is 26.9 Å². The Morgan fingerprint density at radius 3 is 2.75 bits per heavy atom. The van der Waals surface area contributed by atoms with Gasteiger partial charge in [-0.05, 0) is 40.7 Å². The van der Waals surface area contributed by atoms with E-state index in [1.165, 1.54) is 11.8 Å². The molecule has 0 atom stereocenters. The maximum atomic E-state index is 6.07. The second-order valence-electron chi connectivity index (χ2n) is 3.13. The van der Waals surface area contributed by atoms with Crippen molar-refractivity contribution < 1.29 is 0 Å². The molecule has 0 spiro atoms. The van der Waals surface area contributed by atoms with E-state index in [1.54, 1.807) is 12.3 Å². The quantitative estimate of drug-likeness (QED) is 0.853. The smallest absolute Gasteiger partial charge is 0.197 e. The third-order valence-electron chi connectivity index (χ3n) is 2.01. The number of aromatic nitrogens is 4. The number of pyridine rings is 1. The topological polar surface area (TPSA) is 43.6 Å². The maximum Gasteiger partial charge on any atom is 0.197 e. The molecule has 2 aromatic heterocycles. The molecule has 0 radical (unpaired) electrons. The highest BCUT2D eigenvalue weighted by molar-refractivity contribution is 9.10. The van der Waals surface area contributed by atoms with Crippen LogP contribution in [0.5, 0.6) is 0 Å². The molecule has 0 N–H and O–H groups in total. The Labute approximate surface area is 111 Å². The minimum absolute atomic E-state index is 0.597. The molecular weight excluding hydrogens is 312 g/mol. The number of hydrogen-bond acceptors (Lipinski definition) is 4. The molecule has 2 heterocycles. The molecule has 0 aliphatic rings. The van der Waals surface area contributed by atoms with Gasteiger partial charge in [0, 0.05) is 17.7 Å². The molecule has 0 fully saturated rings. The molecule has 2 rings (SSSR count). The van der Waals surface area contributed by atoms with Crippen LogP contribution in [0, 0.1) is 6.92 Å². The average Bonchev–Trinajstić information content (AvgIpc) is 2.54. The summed E-state index contributed by atoms with van der Waals surface area (Å²) in [6, 6.07) is 1.81. The summed E-state index contributed by atoms with van der Waals surface area (Å²) in [7, 11) is 1.91. The zero-order valence-corrected chi connectivity index (χ0v) is 11.8. The number of nitrogens with zero attached hydrogens (tertiary/aromatic N) is 4. The first-order valence-corrected chi connectivity index (χ1v) is 6.41. The Kier molecular flexibility index (Phi) is 3.51. The Hall–Kier alpha value is -0.590. The highest BCUT2D eigenvalue weighted by Gasteiger charge is 2.10. The third kappa shape index (κ3) is 2.39. The van der Waals surface area contributed by atoms with Crippen molar-refractivity contribution in [1.29, 1.82) is 0 Å². The van der Waals surface area contributed by atoms with Gasteiger partial charge in [0.2, 0.25) is 0 Å². The number of aryl methyl sites for hydroxylation is 1. The minimum atomic E-state index is 0.597. The predicted octanol–water partition coefficient (Wildman–Crippen LogP) is 3.09. The summed E-state index contributed by atoms with van der Waals surface area (Å²) < 4.78 is 2.75.